The summed E-state index contributed by atoms with van der Waals surface area (Å²) in [4.78, 5) is 28.6. The maximum absolute atomic E-state index is 12.6. The fourth-order valence-corrected chi connectivity index (χ4v) is 3.31. The average molecular weight is 361 g/mol. The largest absolute Gasteiger partial charge is 0.331 e. The fraction of sp³-hybridized carbons (Fsp3) is 0.368. The number of amides is 2. The van der Waals surface area contributed by atoms with Crippen LogP contribution in [0.4, 0.5) is 5.69 Å². The molecule has 0 bridgehead atoms. The highest BCUT2D eigenvalue weighted by molar-refractivity contribution is 7.09. The Hall–Kier alpha value is -2.18. The van der Waals surface area contributed by atoms with Crippen LogP contribution in [0.1, 0.15) is 17.4 Å². The van der Waals surface area contributed by atoms with Crippen molar-refractivity contribution in [2.45, 2.75) is 26.4 Å². The molecule has 2 amide bonds. The summed E-state index contributed by atoms with van der Waals surface area (Å²) in [5, 5.41) is 4.86. The summed E-state index contributed by atoms with van der Waals surface area (Å²) in [7, 11) is 3.68. The molecule has 25 heavy (non-hydrogen) atoms. The summed E-state index contributed by atoms with van der Waals surface area (Å²) in [6, 6.07) is 11.5. The van der Waals surface area contributed by atoms with Crippen LogP contribution in [0.25, 0.3) is 0 Å². The summed E-state index contributed by atoms with van der Waals surface area (Å²) < 4.78 is 0. The van der Waals surface area contributed by atoms with Crippen LogP contribution in [-0.4, -0.2) is 43.4 Å². The highest BCUT2D eigenvalue weighted by Crippen LogP contribution is 2.09. The lowest BCUT2D eigenvalue weighted by molar-refractivity contribution is -0.908. The minimum Gasteiger partial charge on any atom is -0.331 e. The number of nitrogens with zero attached hydrogens (tertiary/aromatic N) is 1. The lowest BCUT2D eigenvalue weighted by atomic mass is 10.2. The van der Waals surface area contributed by atoms with Gasteiger partial charge in [0, 0.05) is 12.7 Å². The number of carbonyl (C=O) groups excluding carboxylic acids is 2. The number of anilines is 1. The van der Waals surface area contributed by atoms with Crippen LogP contribution in [0.2, 0.25) is 0 Å². The van der Waals surface area contributed by atoms with E-state index in [1.54, 1.807) is 18.4 Å². The second-order valence-corrected chi connectivity index (χ2v) is 7.46. The maximum atomic E-state index is 12.6. The van der Waals surface area contributed by atoms with E-state index in [1.807, 2.05) is 56.6 Å². The fourth-order valence-electron chi connectivity index (χ4n) is 2.51. The summed E-state index contributed by atoms with van der Waals surface area (Å²) in [5.74, 6) is -0.226. The van der Waals surface area contributed by atoms with Gasteiger partial charge in [-0.05, 0) is 37.4 Å². The molecule has 2 rings (SSSR count). The Morgan fingerprint density at radius 1 is 1.24 bits per heavy atom. The van der Waals surface area contributed by atoms with E-state index in [-0.39, 0.29) is 24.4 Å². The van der Waals surface area contributed by atoms with Gasteiger partial charge in [-0.1, -0.05) is 23.8 Å². The lowest BCUT2D eigenvalue weighted by Gasteiger charge is -2.25. The van der Waals surface area contributed by atoms with Crippen molar-refractivity contribution >= 4 is 28.8 Å². The van der Waals surface area contributed by atoms with Gasteiger partial charge in [-0.2, -0.15) is 0 Å². The van der Waals surface area contributed by atoms with Gasteiger partial charge in [0.15, 0.2) is 6.04 Å². The Morgan fingerprint density at radius 2 is 1.92 bits per heavy atom. The Kier molecular flexibility index (Phi) is 6.73. The van der Waals surface area contributed by atoms with Crippen molar-refractivity contribution in [2.24, 2.45) is 0 Å². The normalized spacial score (nSPS) is 13.1. The molecule has 0 saturated carbocycles. The maximum Gasteiger partial charge on any atom is 0.280 e. The first kappa shape index (κ1) is 19.1. The molecule has 2 aromatic rings. The Morgan fingerprint density at radius 3 is 2.52 bits per heavy atom. The van der Waals surface area contributed by atoms with Crippen molar-refractivity contribution in [1.82, 2.24) is 4.90 Å². The van der Waals surface area contributed by atoms with Crippen molar-refractivity contribution < 1.29 is 14.5 Å². The molecule has 5 nitrogen and oxygen atoms in total. The first-order valence-corrected chi connectivity index (χ1v) is 9.21. The number of benzene rings is 1. The summed E-state index contributed by atoms with van der Waals surface area (Å²) >= 11 is 1.69. The summed E-state index contributed by atoms with van der Waals surface area (Å²) in [6.07, 6.45) is 0. The van der Waals surface area contributed by atoms with Crippen molar-refractivity contribution in [3.05, 3.63) is 52.2 Å². The van der Waals surface area contributed by atoms with Crippen molar-refractivity contribution in [3.63, 3.8) is 0 Å². The highest BCUT2D eigenvalue weighted by Gasteiger charge is 2.26. The van der Waals surface area contributed by atoms with E-state index < -0.39 is 0 Å². The molecule has 6 heteroatoms. The molecule has 0 spiro atoms. The zero-order chi connectivity index (χ0) is 18.4. The van der Waals surface area contributed by atoms with Crippen molar-refractivity contribution in [3.8, 4) is 0 Å². The Balaban J connectivity index is 1.85. The van der Waals surface area contributed by atoms with Crippen LogP contribution in [0.3, 0.4) is 0 Å². The van der Waals surface area contributed by atoms with Gasteiger partial charge in [0.1, 0.15) is 6.54 Å². The third kappa shape index (κ3) is 5.69. The van der Waals surface area contributed by atoms with E-state index in [4.69, 9.17) is 0 Å². The molecule has 0 aliphatic heterocycles. The van der Waals surface area contributed by atoms with Gasteiger partial charge in [0.05, 0.1) is 18.5 Å². The third-order valence-corrected chi connectivity index (χ3v) is 5.11. The number of rotatable bonds is 7. The van der Waals surface area contributed by atoms with E-state index in [2.05, 4.69) is 11.4 Å². The van der Waals surface area contributed by atoms with Crippen LogP contribution >= 0.6 is 11.3 Å². The van der Waals surface area contributed by atoms with E-state index in [1.165, 1.54) is 9.78 Å². The van der Waals surface area contributed by atoms with Crippen LogP contribution in [0.15, 0.2) is 41.8 Å². The van der Waals surface area contributed by atoms with Gasteiger partial charge in [0.25, 0.3) is 5.91 Å². The number of likely N-dealkylation sites (N-methyl/N-ethyl adjacent to an activating group) is 2. The Bertz CT molecular complexity index is 698. The standard InChI is InChI=1S/C19H25N3O2S/c1-14-7-9-16(10-8-14)20-18(23)13-22(4)19(24)15(2)21(3)12-17-6-5-11-25-17/h5-11,15H,12-13H2,1-4H3,(H,20,23)/p+1/t15-/m1/s1. The monoisotopic (exact) mass is 360 g/mol. The predicted molar refractivity (Wildman–Crippen MR) is 102 cm³/mol. The van der Waals surface area contributed by atoms with Crippen molar-refractivity contribution in [2.75, 3.05) is 26.0 Å². The molecular formula is C19H26N3O2S+. The van der Waals surface area contributed by atoms with Gasteiger partial charge < -0.3 is 15.1 Å². The quantitative estimate of drug-likeness (QED) is 0.787. The molecule has 2 N–H and O–H groups in total. The molecule has 1 aromatic carbocycles. The van der Waals surface area contributed by atoms with Crippen LogP contribution in [-0.2, 0) is 16.1 Å². The van der Waals surface area contributed by atoms with Gasteiger partial charge in [-0.3, -0.25) is 9.59 Å². The molecule has 0 aliphatic carbocycles. The molecule has 2 atom stereocenters. The van der Waals surface area contributed by atoms with E-state index in [0.29, 0.717) is 0 Å². The SMILES string of the molecule is Cc1ccc(NC(=O)CN(C)C(=O)[C@@H](C)[NH+](C)Cc2cccs2)cc1. The first-order valence-electron chi connectivity index (χ1n) is 8.33. The molecule has 1 unspecified atom stereocenters. The summed E-state index contributed by atoms with van der Waals surface area (Å²) in [6.45, 7) is 4.74. The second kappa shape index (κ2) is 8.78. The number of nitrogens with one attached hydrogen (secondary N) is 2. The third-order valence-electron chi connectivity index (χ3n) is 4.24. The number of thiophene rings is 1. The van der Waals surface area contributed by atoms with Crippen LogP contribution in [0, 0.1) is 6.92 Å². The van der Waals surface area contributed by atoms with Crippen LogP contribution < -0.4 is 10.2 Å². The zero-order valence-electron chi connectivity index (χ0n) is 15.2. The Labute approximate surface area is 153 Å². The number of hydrogen-bond acceptors (Lipinski definition) is 3. The smallest absolute Gasteiger partial charge is 0.280 e. The van der Waals surface area contributed by atoms with Gasteiger partial charge in [-0.15, -0.1) is 11.3 Å². The molecule has 134 valence electrons. The molecular weight excluding hydrogens is 334 g/mol. The van der Waals surface area contributed by atoms with Crippen LogP contribution in [0.5, 0.6) is 0 Å². The lowest BCUT2D eigenvalue weighted by Crippen LogP contribution is -3.12. The molecule has 0 fully saturated rings. The van der Waals surface area contributed by atoms with Gasteiger partial charge in [-0.25, -0.2) is 0 Å². The predicted octanol–water partition coefficient (Wildman–Crippen LogP) is 1.56. The summed E-state index contributed by atoms with van der Waals surface area (Å²) in [5.41, 5.74) is 1.88. The number of quaternary nitrogens is 1. The van der Waals surface area contributed by atoms with E-state index in [9.17, 15) is 9.59 Å². The highest BCUT2D eigenvalue weighted by atomic mass is 32.1. The van der Waals surface area contributed by atoms with E-state index >= 15 is 0 Å². The molecule has 1 aromatic heterocycles. The molecule has 1 heterocycles. The number of hydrogen-bond donors (Lipinski definition) is 2. The second-order valence-electron chi connectivity index (χ2n) is 6.43. The molecule has 0 aliphatic rings. The van der Waals surface area contributed by atoms with Gasteiger partial charge >= 0.3 is 0 Å². The first-order chi connectivity index (χ1) is 11.9. The number of carbonyl (C=O) groups is 2. The average Bonchev–Trinajstić information content (AvgIpc) is 3.08. The van der Waals surface area contributed by atoms with Crippen molar-refractivity contribution in [1.29, 1.82) is 0 Å². The van der Waals surface area contributed by atoms with E-state index in [0.717, 1.165) is 22.7 Å². The zero-order valence-corrected chi connectivity index (χ0v) is 16.0. The minimum atomic E-state index is -0.209. The minimum absolute atomic E-state index is 0.0342. The molecule has 0 saturated heterocycles. The number of aryl methyl sites for hydroxylation is 1. The van der Waals surface area contributed by atoms with Gasteiger partial charge in [0.2, 0.25) is 5.91 Å². The topological polar surface area (TPSA) is 53.9 Å². The molecule has 0 radical (unpaired) electrons.